The van der Waals surface area contributed by atoms with Gasteiger partial charge in [-0.1, -0.05) is 28.1 Å². The number of hydrogen-bond acceptors (Lipinski definition) is 4. The molecule has 0 unspecified atom stereocenters. The van der Waals surface area contributed by atoms with Crippen molar-refractivity contribution in [2.75, 3.05) is 20.1 Å². The number of carbonyl (C=O) groups is 1. The number of sulfonamides is 1. The van der Waals surface area contributed by atoms with Crippen LogP contribution in [0.1, 0.15) is 12.0 Å². The summed E-state index contributed by atoms with van der Waals surface area (Å²) in [6.07, 6.45) is 1.48. The van der Waals surface area contributed by atoms with Crippen LogP contribution >= 0.6 is 15.9 Å². The van der Waals surface area contributed by atoms with Gasteiger partial charge < -0.3 is 10.4 Å². The second-order valence-corrected chi connectivity index (χ2v) is 8.80. The van der Waals surface area contributed by atoms with Crippen molar-refractivity contribution < 1.29 is 18.3 Å². The smallest absolute Gasteiger partial charge is 0.243 e. The van der Waals surface area contributed by atoms with Crippen LogP contribution in [0.4, 0.5) is 0 Å². The van der Waals surface area contributed by atoms with Crippen molar-refractivity contribution >= 4 is 31.9 Å². The summed E-state index contributed by atoms with van der Waals surface area (Å²) in [5.74, 6) is -0.129. The first-order valence-corrected chi connectivity index (χ1v) is 10.3. The van der Waals surface area contributed by atoms with Crippen LogP contribution < -0.4 is 5.32 Å². The first kappa shape index (κ1) is 20.4. The molecule has 140 valence electrons. The number of benzene rings is 2. The van der Waals surface area contributed by atoms with E-state index in [0.717, 1.165) is 27.2 Å². The molecule has 0 bridgehead atoms. The molecule has 0 fully saturated rings. The lowest BCUT2D eigenvalue weighted by Crippen LogP contribution is -2.38. The maximum Gasteiger partial charge on any atom is 0.243 e. The molecule has 2 aromatic carbocycles. The van der Waals surface area contributed by atoms with Gasteiger partial charge >= 0.3 is 0 Å². The van der Waals surface area contributed by atoms with Crippen molar-refractivity contribution in [3.8, 4) is 5.75 Å². The maximum atomic E-state index is 12.4. The Morgan fingerprint density at radius 1 is 1.12 bits per heavy atom. The summed E-state index contributed by atoms with van der Waals surface area (Å²) in [6.45, 7) is 0.212. The Kier molecular flexibility index (Phi) is 7.19. The van der Waals surface area contributed by atoms with E-state index in [1.165, 1.54) is 19.2 Å². The molecule has 0 aliphatic carbocycles. The normalized spacial score (nSPS) is 11.5. The Bertz CT molecular complexity index is 836. The minimum absolute atomic E-state index is 0.142. The zero-order chi connectivity index (χ0) is 19.2. The monoisotopic (exact) mass is 440 g/mol. The first-order chi connectivity index (χ1) is 12.3. The molecule has 0 spiro atoms. The van der Waals surface area contributed by atoms with Crippen molar-refractivity contribution in [1.82, 2.24) is 9.62 Å². The Morgan fingerprint density at radius 2 is 1.73 bits per heavy atom. The predicted molar refractivity (Wildman–Crippen MR) is 103 cm³/mol. The second kappa shape index (κ2) is 9.16. The lowest BCUT2D eigenvalue weighted by atomic mass is 10.1. The maximum absolute atomic E-state index is 12.4. The number of aryl methyl sites for hydroxylation is 1. The summed E-state index contributed by atoms with van der Waals surface area (Å²) in [6, 6.07) is 13.2. The minimum Gasteiger partial charge on any atom is -0.508 e. The zero-order valence-electron chi connectivity index (χ0n) is 14.4. The van der Waals surface area contributed by atoms with Gasteiger partial charge in [0, 0.05) is 18.1 Å². The van der Waals surface area contributed by atoms with Gasteiger partial charge in [0.15, 0.2) is 0 Å². The molecule has 0 saturated heterocycles. The first-order valence-electron chi connectivity index (χ1n) is 8.05. The van der Waals surface area contributed by atoms with Crippen LogP contribution in [0.3, 0.4) is 0 Å². The van der Waals surface area contributed by atoms with E-state index in [9.17, 15) is 18.3 Å². The average molecular weight is 441 g/mol. The van der Waals surface area contributed by atoms with Gasteiger partial charge in [-0.25, -0.2) is 8.42 Å². The van der Waals surface area contributed by atoms with E-state index < -0.39 is 10.0 Å². The molecule has 0 heterocycles. The minimum atomic E-state index is -3.70. The van der Waals surface area contributed by atoms with E-state index in [-0.39, 0.29) is 23.1 Å². The number of carbonyl (C=O) groups excluding carboxylic acids is 1. The van der Waals surface area contributed by atoms with E-state index in [0.29, 0.717) is 6.54 Å². The average Bonchev–Trinajstić information content (AvgIpc) is 2.60. The number of likely N-dealkylation sites (N-methyl/N-ethyl adjacent to an activating group) is 1. The van der Waals surface area contributed by atoms with E-state index >= 15 is 0 Å². The molecular formula is C18H21BrN2O4S. The molecule has 26 heavy (non-hydrogen) atoms. The molecule has 0 aromatic heterocycles. The van der Waals surface area contributed by atoms with Crippen LogP contribution in [0.5, 0.6) is 5.75 Å². The lowest BCUT2D eigenvalue weighted by molar-refractivity contribution is -0.121. The summed E-state index contributed by atoms with van der Waals surface area (Å²) in [5.41, 5.74) is 1.06. The van der Waals surface area contributed by atoms with Gasteiger partial charge in [0.25, 0.3) is 0 Å². The predicted octanol–water partition coefficient (Wildman–Crippen LogP) is 2.52. The summed E-state index contributed by atoms with van der Waals surface area (Å²) >= 11 is 3.26. The molecule has 0 radical (unpaired) electrons. The molecule has 2 aromatic rings. The summed E-state index contributed by atoms with van der Waals surface area (Å²) in [5, 5.41) is 12.0. The van der Waals surface area contributed by atoms with E-state index in [4.69, 9.17) is 0 Å². The fraction of sp³-hybridized carbons (Fsp3) is 0.278. The molecule has 0 saturated carbocycles. The number of nitrogens with zero attached hydrogens (tertiary/aromatic N) is 1. The fourth-order valence-electron chi connectivity index (χ4n) is 2.31. The standard InChI is InChI=1S/C18H21BrN2O4S/c1-21(26(24,25)17-10-6-15(19)7-11-17)13-18(23)20-12-2-3-14-4-8-16(22)9-5-14/h4-11,22H,2-3,12-13H2,1H3,(H,20,23). The third-order valence-corrected chi connectivity index (χ3v) is 6.14. The van der Waals surface area contributed by atoms with Gasteiger partial charge in [0.2, 0.25) is 15.9 Å². The topological polar surface area (TPSA) is 86.7 Å². The molecular weight excluding hydrogens is 420 g/mol. The van der Waals surface area contributed by atoms with Crippen molar-refractivity contribution in [2.24, 2.45) is 0 Å². The summed E-state index contributed by atoms with van der Waals surface area (Å²) < 4.78 is 26.7. The molecule has 0 aliphatic heterocycles. The Hall–Kier alpha value is -1.90. The number of phenols is 1. The number of hydrogen-bond donors (Lipinski definition) is 2. The Morgan fingerprint density at radius 3 is 2.35 bits per heavy atom. The van der Waals surface area contributed by atoms with Gasteiger partial charge in [-0.05, 0) is 54.8 Å². The molecule has 0 atom stereocenters. The SMILES string of the molecule is CN(CC(=O)NCCCc1ccc(O)cc1)S(=O)(=O)c1ccc(Br)cc1. The highest BCUT2D eigenvalue weighted by atomic mass is 79.9. The molecule has 1 amide bonds. The lowest BCUT2D eigenvalue weighted by Gasteiger charge is -2.17. The van der Waals surface area contributed by atoms with Crippen molar-refractivity contribution in [1.29, 1.82) is 0 Å². The second-order valence-electron chi connectivity index (χ2n) is 5.83. The van der Waals surface area contributed by atoms with Crippen LogP contribution in [0.2, 0.25) is 0 Å². The molecule has 2 N–H and O–H groups in total. The largest absolute Gasteiger partial charge is 0.508 e. The van der Waals surface area contributed by atoms with Gasteiger partial charge in [-0.3, -0.25) is 4.79 Å². The van der Waals surface area contributed by atoms with Gasteiger partial charge in [0.05, 0.1) is 11.4 Å². The van der Waals surface area contributed by atoms with Crippen LogP contribution in [-0.4, -0.2) is 43.9 Å². The van der Waals surface area contributed by atoms with Gasteiger partial charge in [0.1, 0.15) is 5.75 Å². The Labute approximate surface area is 162 Å². The quantitative estimate of drug-likeness (QED) is 0.617. The van der Waals surface area contributed by atoms with E-state index in [1.54, 1.807) is 24.3 Å². The molecule has 2 rings (SSSR count). The van der Waals surface area contributed by atoms with Gasteiger partial charge in [-0.15, -0.1) is 0 Å². The van der Waals surface area contributed by atoms with Gasteiger partial charge in [-0.2, -0.15) is 4.31 Å². The number of phenolic OH excluding ortho intramolecular Hbond substituents is 1. The van der Waals surface area contributed by atoms with Crippen molar-refractivity contribution in [2.45, 2.75) is 17.7 Å². The fourth-order valence-corrected chi connectivity index (χ4v) is 3.70. The highest BCUT2D eigenvalue weighted by Crippen LogP contribution is 2.17. The van der Waals surface area contributed by atoms with Crippen molar-refractivity contribution in [3.63, 3.8) is 0 Å². The van der Waals surface area contributed by atoms with Crippen LogP contribution in [0, 0.1) is 0 Å². The van der Waals surface area contributed by atoms with Crippen molar-refractivity contribution in [3.05, 3.63) is 58.6 Å². The molecule has 0 aliphatic rings. The zero-order valence-corrected chi connectivity index (χ0v) is 16.8. The molecule has 6 nitrogen and oxygen atoms in total. The third-order valence-electron chi connectivity index (χ3n) is 3.79. The number of aromatic hydroxyl groups is 1. The summed E-state index contributed by atoms with van der Waals surface area (Å²) in [7, 11) is -2.32. The summed E-state index contributed by atoms with van der Waals surface area (Å²) in [4.78, 5) is 12.1. The number of halogens is 1. The Balaban J connectivity index is 1.79. The number of nitrogens with one attached hydrogen (secondary N) is 1. The highest BCUT2D eigenvalue weighted by molar-refractivity contribution is 9.10. The number of amides is 1. The van der Waals surface area contributed by atoms with E-state index in [2.05, 4.69) is 21.2 Å². The number of rotatable bonds is 8. The highest BCUT2D eigenvalue weighted by Gasteiger charge is 2.22. The molecule has 8 heteroatoms. The van der Waals surface area contributed by atoms with E-state index in [1.807, 2.05) is 12.1 Å². The van der Waals surface area contributed by atoms with Crippen LogP contribution in [0.15, 0.2) is 57.9 Å². The van der Waals surface area contributed by atoms with Crippen LogP contribution in [-0.2, 0) is 21.2 Å². The third kappa shape index (κ3) is 5.82. The van der Waals surface area contributed by atoms with Crippen LogP contribution in [0.25, 0.3) is 0 Å².